The Labute approximate surface area is 805 Å². The van der Waals surface area contributed by atoms with Crippen LogP contribution in [0.5, 0.6) is 0 Å². The van der Waals surface area contributed by atoms with Crippen LogP contribution in [0.1, 0.15) is 48.5 Å². The first kappa shape index (κ1) is 118. The lowest BCUT2D eigenvalue weighted by atomic mass is 9.93. The molecule has 62 heteroatoms. The minimum Gasteiger partial charge on any atom is -0.394 e. The molecule has 11 aliphatic rings. The second-order valence-corrected chi connectivity index (χ2v) is 36.3. The summed E-state index contributed by atoms with van der Waals surface area (Å²) in [6.07, 6.45) is -120. The topological polar surface area (TPSA) is 967 Å². The van der Waals surface area contributed by atoms with Crippen molar-refractivity contribution in [3.8, 4) is 0 Å². The van der Waals surface area contributed by atoms with Gasteiger partial charge in [0.25, 0.3) is 0 Å². The molecule has 0 bridgehead atoms. The average Bonchev–Trinajstić information content (AvgIpc) is 0.759. The summed E-state index contributed by atoms with van der Waals surface area (Å²) in [5, 5.41) is 371. The molecular weight excluding hydrogens is 1940 g/mol. The van der Waals surface area contributed by atoms with Crippen LogP contribution in [0.3, 0.4) is 0 Å². The van der Waals surface area contributed by atoms with Gasteiger partial charge < -0.3 is 289 Å². The summed E-state index contributed by atoms with van der Waals surface area (Å²) in [6.45, 7) is -5.08. The number of carbonyl (C=O) groups is 4. The van der Waals surface area contributed by atoms with Crippen molar-refractivity contribution in [3.63, 3.8) is 0 Å². The number of ether oxygens (including phenoxy) is 22. The number of hydrogen-bond acceptors (Lipinski definition) is 58. The van der Waals surface area contributed by atoms with Crippen LogP contribution in [0.15, 0.2) is 0 Å². The number of nitrogens with one attached hydrogen (secondary N) is 4. The molecule has 36 N–H and O–H groups in total. The fourth-order valence-corrected chi connectivity index (χ4v) is 18.3. The summed E-state index contributed by atoms with van der Waals surface area (Å²) < 4.78 is 134. The normalized spacial score (nSPS) is 48.6. The van der Waals surface area contributed by atoms with Crippen molar-refractivity contribution in [3.05, 3.63) is 0 Å². The van der Waals surface area contributed by atoms with Gasteiger partial charge in [0, 0.05) is 27.7 Å². The molecule has 0 aromatic carbocycles. The highest BCUT2D eigenvalue weighted by molar-refractivity contribution is 5.74. The molecule has 0 saturated carbocycles. The van der Waals surface area contributed by atoms with Gasteiger partial charge >= 0.3 is 0 Å². The van der Waals surface area contributed by atoms with Gasteiger partial charge in [-0.05, 0) is 20.8 Å². The molecule has 59 atom stereocenters. The first-order valence-electron chi connectivity index (χ1n) is 45.7. The first-order chi connectivity index (χ1) is 67.1. The smallest absolute Gasteiger partial charge is 0.217 e. The standard InChI is InChI=1S/C80H136N4O58/c1-18-38(99)48(109)55(116)73(122-18)137-64-36(83-23(6)96)72(130-32(15-92)62(64)135-76-58(119)51(112)42(103)27(10-87)125-76)141-68-53(114)44(105)30(13-90)128-80(68)139-66-46(107)34(132-77(59(66)120)134-61-31(14-91)129-70(35(47(61)108)82-22(5)95)133-60(26(98)9-86)41(102)25(8-85)81-21(4)94)17-121-78-67(52(113)43(104)28(11-88)126-78)140-71-37(84-24(7)97)65(138-74-56(117)49(110)39(100)19(2)123-74)63(33(16-93)131-71)136-79-69(54(115)45(106)29(12-89)127-79)142-75-57(118)50(111)40(101)20(3)124-75/h18-20,25-80,85-93,98-120H,8-17H2,1-7H3,(H,81,94)(H,82,95)(H,83,96)(H,84,97)/t18-,19-,20-,25-,26+,27+,28+,29+,30+,31+,32+,33+,34+,35+,36+,37+,38+,39+,40+,41+,42-,43+,44+,45-,46+,47+,48+,49+,50+,51-,52-,53-,54-,55-,56-,57-,58+,59-,60+,61+,62+,63+,64+,65+,66-,67-,68-,69+,70-,71-,72-,73-,74-,75-,76-,77-,78-,79-,80+/m0/s1. The SMILES string of the molecule is CC(=O)N[C@H]1[C@H](O[C@@H]([C@H](O)[C@H](CO)NC(C)=O)[C@H](O)CO)O[C@H](CO)[C@@H](O[C@@H]2O[C@H](CO[C@H]3O[C@H](CO)[C@@H](O)[C@H](O)[C@@H]3O[C@@H]3O[C@H](CO)[C@@H](O[C@@H]4O[C@H](CO)[C@H](O)[C@H](O)[C@H]4O[C@@H]4O[C@@H](C)[C@@H](O)[C@@H](O)[C@@H]4O)[C@H](O[C@@H]4O[C@@H](C)[C@@H](O)[C@@H](O)[C@@H]4O)[C@H]3NC(C)=O)[C@@H](O)[C@H](O[C@H]3O[C@H](CO)[C@@H](O)[C@H](O)[C@@H]3O[C@@H]3O[C@H](CO)[C@@H](O[C@@H]4O[C@H](CO)[C@H](O)[C@H](O)[C@H]4O)[C@H](O[C@@H]4O[C@@H](C)[C@@H](O)[C@@H](O)[C@@H]4O)[C@H]3NC(C)=O)[C@@H]2O)[C@@H]1O. The molecule has 4 amide bonds. The van der Waals surface area contributed by atoms with Crippen LogP contribution >= 0.6 is 0 Å². The van der Waals surface area contributed by atoms with Crippen molar-refractivity contribution in [2.24, 2.45) is 0 Å². The average molecular weight is 2080 g/mol. The quantitative estimate of drug-likeness (QED) is 0.0272. The van der Waals surface area contributed by atoms with Gasteiger partial charge in [-0.1, -0.05) is 0 Å². The van der Waals surface area contributed by atoms with Gasteiger partial charge in [-0.15, -0.1) is 0 Å². The van der Waals surface area contributed by atoms with Gasteiger partial charge in [-0.3, -0.25) is 19.2 Å². The number of aliphatic hydroxyl groups is 32. The minimum atomic E-state index is -2.74. The third kappa shape index (κ3) is 26.2. The molecule has 11 fully saturated rings. The van der Waals surface area contributed by atoms with Crippen LogP contribution < -0.4 is 21.3 Å². The molecule has 62 nitrogen and oxygen atoms in total. The summed E-state index contributed by atoms with van der Waals surface area (Å²) in [5.41, 5.74) is 0. The van der Waals surface area contributed by atoms with Crippen LogP contribution in [0.25, 0.3) is 0 Å². The third-order valence-electron chi connectivity index (χ3n) is 26.2. The highest BCUT2D eigenvalue weighted by Crippen LogP contribution is 2.43. The van der Waals surface area contributed by atoms with Crippen LogP contribution in [-0.2, 0) is 123 Å². The van der Waals surface area contributed by atoms with E-state index in [1.807, 2.05) is 0 Å². The molecule has 0 unspecified atom stereocenters. The lowest BCUT2D eigenvalue weighted by Crippen LogP contribution is -2.71. The van der Waals surface area contributed by atoms with E-state index in [0.29, 0.717) is 0 Å². The molecule has 11 heterocycles. The summed E-state index contributed by atoms with van der Waals surface area (Å²) in [7, 11) is 0. The van der Waals surface area contributed by atoms with Crippen molar-refractivity contribution in [1.29, 1.82) is 0 Å². The van der Waals surface area contributed by atoms with E-state index in [1.165, 1.54) is 20.8 Å². The van der Waals surface area contributed by atoms with Crippen molar-refractivity contribution < 1.29 is 287 Å². The fourth-order valence-electron chi connectivity index (χ4n) is 18.3. The van der Waals surface area contributed by atoms with E-state index < -0.39 is 452 Å². The monoisotopic (exact) mass is 2080 g/mol. The number of hydrogen-bond donors (Lipinski definition) is 36. The zero-order valence-electron chi connectivity index (χ0n) is 77.1. The van der Waals surface area contributed by atoms with E-state index >= 15 is 0 Å². The van der Waals surface area contributed by atoms with Crippen LogP contribution in [0.4, 0.5) is 0 Å². The number of amides is 4. The predicted molar refractivity (Wildman–Crippen MR) is 439 cm³/mol. The first-order valence-corrected chi connectivity index (χ1v) is 45.7. The molecular formula is C80H136N4O58. The molecule has 0 aliphatic carbocycles. The van der Waals surface area contributed by atoms with E-state index in [9.17, 15) is 183 Å². The van der Waals surface area contributed by atoms with Crippen LogP contribution in [0.2, 0.25) is 0 Å². The molecule has 11 saturated heterocycles. The van der Waals surface area contributed by atoms with Crippen molar-refractivity contribution in [1.82, 2.24) is 21.3 Å². The number of carbonyl (C=O) groups excluding carboxylic acids is 4. The van der Waals surface area contributed by atoms with E-state index in [4.69, 9.17) is 104 Å². The van der Waals surface area contributed by atoms with Gasteiger partial charge in [0.2, 0.25) is 23.6 Å². The van der Waals surface area contributed by atoms with Gasteiger partial charge in [0.05, 0.1) is 90.4 Å². The molecule has 824 valence electrons. The molecule has 142 heavy (non-hydrogen) atoms. The Morgan fingerprint density at radius 2 is 0.542 bits per heavy atom. The van der Waals surface area contributed by atoms with Crippen LogP contribution in [0, 0.1) is 0 Å². The second-order valence-electron chi connectivity index (χ2n) is 36.3. The maximum atomic E-state index is 13.8. The third-order valence-corrected chi connectivity index (χ3v) is 26.2. The minimum absolute atomic E-state index is 0.853. The molecule has 0 radical (unpaired) electrons. The Kier molecular flexibility index (Phi) is 42.9. The van der Waals surface area contributed by atoms with Crippen molar-refractivity contribution >= 4 is 23.6 Å². The van der Waals surface area contributed by atoms with Gasteiger partial charge in [-0.2, -0.15) is 0 Å². The summed E-state index contributed by atoms with van der Waals surface area (Å²) in [5.74, 6) is -4.05. The lowest BCUT2D eigenvalue weighted by Gasteiger charge is -2.52. The van der Waals surface area contributed by atoms with Crippen LogP contribution in [-0.4, -0.2) is 615 Å². The summed E-state index contributed by atoms with van der Waals surface area (Å²) in [4.78, 5) is 52.9. The highest BCUT2D eigenvalue weighted by atomic mass is 16.8. The lowest BCUT2D eigenvalue weighted by molar-refractivity contribution is -0.405. The zero-order valence-corrected chi connectivity index (χ0v) is 77.1. The summed E-state index contributed by atoms with van der Waals surface area (Å²) >= 11 is 0. The number of aliphatic hydroxyl groups excluding tert-OH is 32. The molecule has 11 aliphatic heterocycles. The van der Waals surface area contributed by atoms with Crippen molar-refractivity contribution in [2.75, 3.05) is 66.1 Å². The molecule has 0 aromatic rings. The van der Waals surface area contributed by atoms with E-state index in [2.05, 4.69) is 21.3 Å². The Morgan fingerprint density at radius 1 is 0.254 bits per heavy atom. The molecule has 0 aromatic heterocycles. The van der Waals surface area contributed by atoms with Gasteiger partial charge in [-0.25, -0.2) is 0 Å². The molecule has 11 rings (SSSR count). The van der Waals surface area contributed by atoms with E-state index in [0.717, 1.165) is 27.7 Å². The van der Waals surface area contributed by atoms with Gasteiger partial charge in [0.15, 0.2) is 69.2 Å². The largest absolute Gasteiger partial charge is 0.394 e. The number of rotatable bonds is 39. The van der Waals surface area contributed by atoms with Gasteiger partial charge in [0.1, 0.15) is 268 Å². The molecule has 0 spiro atoms. The second kappa shape index (κ2) is 51.7. The summed E-state index contributed by atoms with van der Waals surface area (Å²) in [6, 6.07) is -8.07. The predicted octanol–water partition coefficient (Wildman–Crippen LogP) is -23.9. The Bertz CT molecular complexity index is 3880. The zero-order chi connectivity index (χ0) is 105. The maximum Gasteiger partial charge on any atom is 0.217 e. The fraction of sp³-hybridized carbons (Fsp3) is 0.950. The Hall–Kier alpha value is -4.28. The Balaban J connectivity index is 0.982. The Morgan fingerprint density at radius 3 is 0.923 bits per heavy atom. The maximum absolute atomic E-state index is 13.8. The van der Waals surface area contributed by atoms with Crippen molar-refractivity contribution in [2.45, 2.75) is 410 Å². The van der Waals surface area contributed by atoms with E-state index in [-0.39, 0.29) is 0 Å². The highest BCUT2D eigenvalue weighted by Gasteiger charge is 2.64. The van der Waals surface area contributed by atoms with E-state index in [1.54, 1.807) is 0 Å².